The van der Waals surface area contributed by atoms with Crippen LogP contribution >= 0.6 is 0 Å². The lowest BCUT2D eigenvalue weighted by atomic mass is 10.1. The third-order valence-corrected chi connectivity index (χ3v) is 4.05. The van der Waals surface area contributed by atoms with Crippen LogP contribution in [0.4, 0.5) is 0 Å². The Morgan fingerprint density at radius 2 is 1.36 bits per heavy atom. The highest BCUT2D eigenvalue weighted by Crippen LogP contribution is 2.13. The van der Waals surface area contributed by atoms with Gasteiger partial charge in [0.25, 0.3) is 11.8 Å². The number of aliphatic hydroxyl groups is 1. The van der Waals surface area contributed by atoms with Gasteiger partial charge in [0.05, 0.1) is 25.1 Å². The average molecular weight is 456 g/mol. The quantitative estimate of drug-likeness (QED) is 0.195. The molecule has 0 spiro atoms. The third kappa shape index (κ3) is 8.99. The zero-order valence-electron chi connectivity index (χ0n) is 18.1. The van der Waals surface area contributed by atoms with E-state index in [4.69, 9.17) is 9.47 Å². The van der Waals surface area contributed by atoms with Gasteiger partial charge in [-0.3, -0.25) is 9.59 Å². The monoisotopic (exact) mass is 456 g/mol. The van der Waals surface area contributed by atoms with E-state index in [2.05, 4.69) is 25.8 Å². The Morgan fingerprint density at radius 1 is 0.879 bits per heavy atom. The van der Waals surface area contributed by atoms with E-state index in [0.29, 0.717) is 22.3 Å². The fourth-order valence-corrected chi connectivity index (χ4v) is 2.36. The average Bonchev–Trinajstić information content (AvgIpc) is 2.84. The van der Waals surface area contributed by atoms with E-state index in [9.17, 15) is 19.5 Å². The number of carbonyl (C=O) groups is 3. The summed E-state index contributed by atoms with van der Waals surface area (Å²) in [7, 11) is 2.69. The number of esters is 1. The summed E-state index contributed by atoms with van der Waals surface area (Å²) >= 11 is 0. The maximum absolute atomic E-state index is 11.7. The van der Waals surface area contributed by atoms with Crippen LogP contribution in [0.15, 0.2) is 58.7 Å². The van der Waals surface area contributed by atoms with Crippen LogP contribution in [0.3, 0.4) is 0 Å². The fraction of sp³-hybridized carbons (Fsp3) is 0.227. The highest BCUT2D eigenvalue weighted by atomic mass is 16.6. The third-order valence-electron chi connectivity index (χ3n) is 4.05. The van der Waals surface area contributed by atoms with E-state index >= 15 is 0 Å². The fourth-order valence-electron chi connectivity index (χ4n) is 2.36. The summed E-state index contributed by atoms with van der Waals surface area (Å²) in [4.78, 5) is 34.8. The predicted molar refractivity (Wildman–Crippen MR) is 118 cm³/mol. The topological polar surface area (TPSA) is 148 Å². The number of rotatable bonds is 11. The zero-order chi connectivity index (χ0) is 24.1. The number of nitrogens with zero attached hydrogens (tertiary/aromatic N) is 2. The maximum atomic E-state index is 11.7. The van der Waals surface area contributed by atoms with E-state index in [0.717, 1.165) is 0 Å². The summed E-state index contributed by atoms with van der Waals surface area (Å²) in [6.07, 6.45) is 1.80. The molecule has 174 valence electrons. The van der Waals surface area contributed by atoms with Crippen molar-refractivity contribution in [1.29, 1.82) is 0 Å². The molecule has 0 aromatic heterocycles. The molecular formula is C22H24N4O7. The van der Waals surface area contributed by atoms with Gasteiger partial charge in [0.2, 0.25) is 0 Å². The van der Waals surface area contributed by atoms with Crippen molar-refractivity contribution in [3.05, 3.63) is 70.8 Å². The molecule has 0 bridgehead atoms. The van der Waals surface area contributed by atoms with Crippen molar-refractivity contribution in [3.8, 4) is 0 Å². The lowest BCUT2D eigenvalue weighted by Gasteiger charge is -2.08. The van der Waals surface area contributed by atoms with Crippen LogP contribution < -0.4 is 10.9 Å². The lowest BCUT2D eigenvalue weighted by Crippen LogP contribution is -2.28. The van der Waals surface area contributed by atoms with Crippen molar-refractivity contribution in [1.82, 2.24) is 10.9 Å². The predicted octanol–water partition coefficient (Wildman–Crippen LogP) is 0.728. The highest BCUT2D eigenvalue weighted by Gasteiger charge is 2.06. The first kappa shape index (κ1) is 25.3. The van der Waals surface area contributed by atoms with Gasteiger partial charge in [-0.05, 0) is 23.3 Å². The molecule has 0 saturated carbocycles. The van der Waals surface area contributed by atoms with E-state index in [1.807, 2.05) is 0 Å². The Kier molecular flexibility index (Phi) is 10.3. The Morgan fingerprint density at radius 3 is 1.82 bits per heavy atom. The summed E-state index contributed by atoms with van der Waals surface area (Å²) in [5.41, 5.74) is 6.87. The minimum atomic E-state index is -1.00. The molecule has 0 radical (unpaired) electrons. The van der Waals surface area contributed by atoms with Gasteiger partial charge in [-0.15, -0.1) is 0 Å². The molecule has 0 heterocycles. The first-order valence-electron chi connectivity index (χ1n) is 9.63. The Bertz CT molecular complexity index is 989. The Balaban J connectivity index is 1.65. The first-order chi connectivity index (χ1) is 15.9. The smallest absolute Gasteiger partial charge is 0.337 e. The zero-order valence-corrected chi connectivity index (χ0v) is 18.1. The Labute approximate surface area is 190 Å². The number of amides is 2. The molecule has 0 fully saturated rings. The second kappa shape index (κ2) is 13.5. The molecule has 11 nitrogen and oxygen atoms in total. The molecule has 33 heavy (non-hydrogen) atoms. The first-order valence-corrected chi connectivity index (χ1v) is 9.63. The minimum Gasteiger partial charge on any atom is -0.465 e. The van der Waals surface area contributed by atoms with Crippen LogP contribution in [0.2, 0.25) is 0 Å². The molecule has 2 aromatic rings. The molecule has 0 saturated heterocycles. The molecule has 3 N–H and O–H groups in total. The second-order valence-electron chi connectivity index (χ2n) is 6.45. The van der Waals surface area contributed by atoms with Gasteiger partial charge < -0.3 is 19.3 Å². The molecule has 0 aliphatic heterocycles. The van der Waals surface area contributed by atoms with Crippen LogP contribution in [0, 0.1) is 0 Å². The molecular weight excluding hydrogens is 432 g/mol. The summed E-state index contributed by atoms with van der Waals surface area (Å²) in [6.45, 7) is -0.749. The molecule has 1 atom stereocenters. The van der Waals surface area contributed by atoms with Crippen molar-refractivity contribution >= 4 is 30.2 Å². The molecule has 0 aliphatic carbocycles. The summed E-state index contributed by atoms with van der Waals surface area (Å²) in [5, 5.41) is 17.1. The van der Waals surface area contributed by atoms with Gasteiger partial charge in [0.1, 0.15) is 13.2 Å². The highest BCUT2D eigenvalue weighted by molar-refractivity contribution is 5.91. The number of hydrogen-bond donors (Lipinski definition) is 3. The summed E-state index contributed by atoms with van der Waals surface area (Å²) < 4.78 is 14.4. The van der Waals surface area contributed by atoms with E-state index in [1.54, 1.807) is 48.5 Å². The number of aliphatic hydroxyl groups excluding tert-OH is 1. The van der Waals surface area contributed by atoms with Gasteiger partial charge in [-0.25, -0.2) is 15.6 Å². The van der Waals surface area contributed by atoms with Crippen molar-refractivity contribution < 1.29 is 33.7 Å². The molecule has 2 rings (SSSR count). The van der Waals surface area contributed by atoms with Crippen molar-refractivity contribution in [2.75, 3.05) is 27.4 Å². The summed E-state index contributed by atoms with van der Waals surface area (Å²) in [6, 6.07) is 13.1. The summed E-state index contributed by atoms with van der Waals surface area (Å²) in [5.74, 6) is -1.54. The number of benzene rings is 2. The molecule has 2 amide bonds. The van der Waals surface area contributed by atoms with E-state index in [1.165, 1.54) is 26.6 Å². The van der Waals surface area contributed by atoms with Crippen LogP contribution in [-0.2, 0) is 23.8 Å². The van der Waals surface area contributed by atoms with Gasteiger partial charge in [0.15, 0.2) is 6.29 Å². The molecule has 0 unspecified atom stereocenters. The number of ether oxygens (including phenoxy) is 3. The number of hydrogen-bond acceptors (Lipinski definition) is 9. The number of methoxy groups -OCH3 is 2. The van der Waals surface area contributed by atoms with Crippen molar-refractivity contribution in [3.63, 3.8) is 0 Å². The van der Waals surface area contributed by atoms with Crippen molar-refractivity contribution in [2.24, 2.45) is 10.2 Å². The van der Waals surface area contributed by atoms with Crippen LogP contribution in [0.5, 0.6) is 0 Å². The molecule has 2 aromatic carbocycles. The minimum absolute atomic E-state index is 0.373. The number of nitrogens with one attached hydrogen (secondary N) is 2. The number of carbonyl (C=O) groups excluding carboxylic acids is 3. The second-order valence-corrected chi connectivity index (χ2v) is 6.45. The van der Waals surface area contributed by atoms with Crippen molar-refractivity contribution in [2.45, 2.75) is 6.29 Å². The van der Waals surface area contributed by atoms with Gasteiger partial charge >= 0.3 is 5.97 Å². The lowest BCUT2D eigenvalue weighted by molar-refractivity contribution is -0.130. The SMILES string of the molecule is COC(=O)c1ccc(/C=N\NC(=O)COCC(=O)N/N=C\c2ccc([C@@H](O)OC)cc2)cc1. The number of hydrazone groups is 2. The molecule has 11 heteroatoms. The van der Waals surface area contributed by atoms with E-state index < -0.39 is 24.1 Å². The Hall–Kier alpha value is -3.93. The standard InChI is InChI=1S/C22H24N4O7/c1-31-21(29)17-7-3-15(4-8-17)11-23-25-19(27)13-33-14-20(28)26-24-12-16-5-9-18(10-6-16)22(30)32-2/h3-12,21,29H,13-14H2,1-2H3,(H,25,27)(H,26,28)/b23-11-,24-12-/t21-/m0/s1. The van der Waals surface area contributed by atoms with Crippen LogP contribution in [-0.4, -0.2) is 62.8 Å². The van der Waals surface area contributed by atoms with E-state index in [-0.39, 0.29) is 13.2 Å². The normalized spacial score (nSPS) is 12.0. The van der Waals surface area contributed by atoms with Gasteiger partial charge in [-0.2, -0.15) is 10.2 Å². The maximum Gasteiger partial charge on any atom is 0.337 e. The van der Waals surface area contributed by atoms with Gasteiger partial charge in [-0.1, -0.05) is 36.4 Å². The van der Waals surface area contributed by atoms with Crippen LogP contribution in [0.25, 0.3) is 0 Å². The van der Waals surface area contributed by atoms with Gasteiger partial charge in [0, 0.05) is 12.7 Å². The molecule has 0 aliphatic rings. The largest absolute Gasteiger partial charge is 0.465 e. The van der Waals surface area contributed by atoms with Crippen LogP contribution in [0.1, 0.15) is 33.3 Å².